The molecule has 0 radical (unpaired) electrons. The van der Waals surface area contributed by atoms with Gasteiger partial charge < -0.3 is 20.3 Å². The third-order valence-electron chi connectivity index (χ3n) is 16.3. The minimum absolute atomic E-state index is 0.0157. The van der Waals surface area contributed by atoms with E-state index >= 15 is 0 Å². The number of carbonyl (C=O) groups excluding carboxylic acids is 2. The van der Waals surface area contributed by atoms with Gasteiger partial charge in [0.1, 0.15) is 0 Å². The summed E-state index contributed by atoms with van der Waals surface area (Å²) in [5.41, 5.74) is 0. The van der Waals surface area contributed by atoms with Crippen LogP contribution in [0.4, 0.5) is 0 Å². The minimum Gasteiger partial charge on any atom is -0.466 e. The number of allylic oxidation sites excluding steroid dienone is 4. The van der Waals surface area contributed by atoms with Gasteiger partial charge in [-0.1, -0.05) is 340 Å². The van der Waals surface area contributed by atoms with Gasteiger partial charge in [-0.05, 0) is 57.8 Å². The Kier molecular flexibility index (Phi) is 64.4. The van der Waals surface area contributed by atoms with Crippen molar-refractivity contribution in [1.29, 1.82) is 0 Å². The van der Waals surface area contributed by atoms with Gasteiger partial charge in [0.25, 0.3) is 0 Å². The Labute approximate surface area is 475 Å². The maximum atomic E-state index is 12.5. The fourth-order valence-electron chi connectivity index (χ4n) is 11.0. The molecule has 0 bridgehead atoms. The highest BCUT2D eigenvalue weighted by atomic mass is 16.5. The van der Waals surface area contributed by atoms with Crippen LogP contribution in [0.3, 0.4) is 0 Å². The zero-order valence-electron chi connectivity index (χ0n) is 51.5. The monoisotopic (exact) mass is 1070 g/mol. The van der Waals surface area contributed by atoms with Gasteiger partial charge in [-0.2, -0.15) is 0 Å². The van der Waals surface area contributed by atoms with Crippen LogP contribution in [0.25, 0.3) is 0 Å². The average molecular weight is 1070 g/mol. The van der Waals surface area contributed by atoms with Crippen LogP contribution in [0.1, 0.15) is 386 Å². The van der Waals surface area contributed by atoms with E-state index < -0.39 is 12.1 Å². The molecule has 2 atom stereocenters. The van der Waals surface area contributed by atoms with Crippen molar-refractivity contribution in [2.24, 2.45) is 0 Å². The minimum atomic E-state index is -0.666. The van der Waals surface area contributed by atoms with E-state index in [1.165, 1.54) is 308 Å². The fraction of sp³-hybridized carbons (Fsp3) is 0.914. The van der Waals surface area contributed by atoms with Crippen molar-refractivity contribution in [2.45, 2.75) is 398 Å². The Hall–Kier alpha value is -1.66. The number of hydrogen-bond acceptors (Lipinski definition) is 5. The second-order valence-corrected chi connectivity index (χ2v) is 23.9. The summed E-state index contributed by atoms with van der Waals surface area (Å²) in [6.45, 7) is 4.98. The van der Waals surface area contributed by atoms with Crippen LogP contribution in [-0.2, 0) is 14.3 Å². The van der Waals surface area contributed by atoms with E-state index in [9.17, 15) is 19.8 Å². The van der Waals surface area contributed by atoms with Crippen molar-refractivity contribution in [1.82, 2.24) is 5.32 Å². The van der Waals surface area contributed by atoms with E-state index in [1.807, 2.05) is 0 Å². The normalized spacial score (nSPS) is 12.6. The highest BCUT2D eigenvalue weighted by Gasteiger charge is 2.20. The Morgan fingerprint density at radius 1 is 0.368 bits per heavy atom. The second-order valence-electron chi connectivity index (χ2n) is 23.9. The third kappa shape index (κ3) is 61.6. The summed E-state index contributed by atoms with van der Waals surface area (Å²) >= 11 is 0. The summed E-state index contributed by atoms with van der Waals surface area (Å²) in [7, 11) is 0. The Morgan fingerprint density at radius 3 is 1.00 bits per heavy atom. The van der Waals surface area contributed by atoms with Crippen molar-refractivity contribution in [3.8, 4) is 0 Å². The zero-order chi connectivity index (χ0) is 55.0. The molecule has 0 aliphatic carbocycles. The van der Waals surface area contributed by atoms with Crippen molar-refractivity contribution in [3.05, 3.63) is 24.3 Å². The van der Waals surface area contributed by atoms with Crippen LogP contribution < -0.4 is 5.32 Å². The quantitative estimate of drug-likeness (QED) is 0.0320. The second kappa shape index (κ2) is 65.9. The van der Waals surface area contributed by atoms with Gasteiger partial charge in [0.2, 0.25) is 5.91 Å². The van der Waals surface area contributed by atoms with E-state index in [0.29, 0.717) is 25.9 Å². The number of unbranched alkanes of at least 4 members (excludes halogenated alkanes) is 50. The molecule has 0 saturated carbocycles. The Morgan fingerprint density at radius 2 is 0.658 bits per heavy atom. The van der Waals surface area contributed by atoms with Crippen molar-refractivity contribution < 1.29 is 24.5 Å². The molecule has 0 saturated heterocycles. The highest BCUT2D eigenvalue weighted by molar-refractivity contribution is 5.76. The van der Waals surface area contributed by atoms with Crippen LogP contribution in [0.2, 0.25) is 0 Å². The molecule has 1 amide bonds. The molecule has 0 rings (SSSR count). The summed E-state index contributed by atoms with van der Waals surface area (Å²) in [5, 5.41) is 23.3. The summed E-state index contributed by atoms with van der Waals surface area (Å²) in [6, 6.07) is -0.543. The lowest BCUT2D eigenvalue weighted by Crippen LogP contribution is -2.45. The number of carbonyl (C=O) groups is 2. The number of aliphatic hydroxyl groups is 2. The van der Waals surface area contributed by atoms with Crippen molar-refractivity contribution >= 4 is 11.9 Å². The van der Waals surface area contributed by atoms with Gasteiger partial charge in [-0.3, -0.25) is 9.59 Å². The summed E-state index contributed by atoms with van der Waals surface area (Å²) < 4.78 is 5.50. The van der Waals surface area contributed by atoms with Crippen LogP contribution in [-0.4, -0.2) is 47.4 Å². The first kappa shape index (κ1) is 74.3. The number of aliphatic hydroxyl groups excluding tert-OH is 2. The van der Waals surface area contributed by atoms with E-state index in [0.717, 1.165) is 44.9 Å². The number of ether oxygens (including phenoxy) is 1. The van der Waals surface area contributed by atoms with Crippen LogP contribution in [0.15, 0.2) is 24.3 Å². The molecule has 0 heterocycles. The molecule has 6 nitrogen and oxygen atoms in total. The Balaban J connectivity index is 3.39. The smallest absolute Gasteiger partial charge is 0.305 e. The highest BCUT2D eigenvalue weighted by Crippen LogP contribution is 2.19. The molecule has 450 valence electrons. The predicted molar refractivity (Wildman–Crippen MR) is 333 cm³/mol. The maximum absolute atomic E-state index is 12.5. The fourth-order valence-corrected chi connectivity index (χ4v) is 11.0. The molecule has 2 unspecified atom stereocenters. The number of hydrogen-bond donors (Lipinski definition) is 3. The molecular formula is C70H135NO5. The molecule has 0 aromatic heterocycles. The third-order valence-corrected chi connectivity index (χ3v) is 16.3. The van der Waals surface area contributed by atoms with Gasteiger partial charge in [0.05, 0.1) is 25.4 Å². The average Bonchev–Trinajstić information content (AvgIpc) is 3.42. The molecule has 76 heavy (non-hydrogen) atoms. The van der Waals surface area contributed by atoms with Crippen molar-refractivity contribution in [3.63, 3.8) is 0 Å². The van der Waals surface area contributed by atoms with Crippen LogP contribution in [0.5, 0.6) is 0 Å². The molecule has 0 aliphatic heterocycles. The summed E-state index contributed by atoms with van der Waals surface area (Å²) in [5.74, 6) is -0.0203. The first-order valence-electron chi connectivity index (χ1n) is 34.6. The summed E-state index contributed by atoms with van der Waals surface area (Å²) in [6.07, 6.45) is 82.2. The standard InChI is InChI=1S/C70H135NO5/c1-3-5-7-9-11-13-15-17-19-20-33-36-40-44-48-52-56-60-64-70(75)76-65-61-57-53-49-45-41-37-34-31-29-27-25-23-21-22-24-26-28-30-32-35-39-43-47-51-55-59-63-69(74)71-67(66-72)68(73)62-58-54-50-46-42-38-18-16-14-12-10-8-6-4-2/h21-22,25,27,67-68,72-73H,3-20,23-24,26,28-66H2,1-2H3,(H,71,74)/b22-21-,27-25-. The molecule has 6 heteroatoms. The SMILES string of the molecule is CCCCCCCCCCCCCCCCCCCCC(=O)OCCCCCCCCCCC/C=C\C/C=C\CCCCCCCCCCCCCC(=O)NC(CO)C(O)CCCCCCCCCCCCCCCC. The zero-order valence-corrected chi connectivity index (χ0v) is 51.5. The van der Waals surface area contributed by atoms with Gasteiger partial charge in [0, 0.05) is 12.8 Å². The van der Waals surface area contributed by atoms with E-state index in [2.05, 4.69) is 43.5 Å². The summed E-state index contributed by atoms with van der Waals surface area (Å²) in [4.78, 5) is 24.6. The molecule has 0 aromatic rings. The number of rotatable bonds is 65. The lowest BCUT2D eigenvalue weighted by molar-refractivity contribution is -0.143. The molecule has 0 fully saturated rings. The first-order valence-corrected chi connectivity index (χ1v) is 34.6. The molecule has 3 N–H and O–H groups in total. The van der Waals surface area contributed by atoms with Crippen molar-refractivity contribution in [2.75, 3.05) is 13.2 Å². The molecule has 0 spiro atoms. The predicted octanol–water partition coefficient (Wildman–Crippen LogP) is 22.1. The molecule has 0 aromatic carbocycles. The lowest BCUT2D eigenvalue weighted by atomic mass is 10.0. The van der Waals surface area contributed by atoms with Crippen LogP contribution >= 0.6 is 0 Å². The maximum Gasteiger partial charge on any atom is 0.305 e. The molecular weight excluding hydrogens is 935 g/mol. The number of esters is 1. The van der Waals surface area contributed by atoms with E-state index in [-0.39, 0.29) is 18.5 Å². The van der Waals surface area contributed by atoms with Gasteiger partial charge >= 0.3 is 5.97 Å². The number of amides is 1. The van der Waals surface area contributed by atoms with E-state index in [4.69, 9.17) is 4.74 Å². The Bertz CT molecular complexity index is 1190. The van der Waals surface area contributed by atoms with E-state index in [1.54, 1.807) is 0 Å². The lowest BCUT2D eigenvalue weighted by Gasteiger charge is -2.22. The van der Waals surface area contributed by atoms with Gasteiger partial charge in [-0.25, -0.2) is 0 Å². The van der Waals surface area contributed by atoms with Crippen LogP contribution in [0, 0.1) is 0 Å². The largest absolute Gasteiger partial charge is 0.466 e. The van der Waals surface area contributed by atoms with Gasteiger partial charge in [0.15, 0.2) is 0 Å². The number of nitrogens with one attached hydrogen (secondary N) is 1. The first-order chi connectivity index (χ1) is 37.5. The molecule has 0 aliphatic rings. The topological polar surface area (TPSA) is 95.9 Å². The van der Waals surface area contributed by atoms with Gasteiger partial charge in [-0.15, -0.1) is 0 Å².